The van der Waals surface area contributed by atoms with Crippen molar-refractivity contribution >= 4 is 23.2 Å². The van der Waals surface area contributed by atoms with E-state index >= 15 is 0 Å². The monoisotopic (exact) mass is 399 g/mol. The van der Waals surface area contributed by atoms with Gasteiger partial charge in [-0.2, -0.15) is 0 Å². The summed E-state index contributed by atoms with van der Waals surface area (Å²) in [5.41, 5.74) is 7.32. The van der Waals surface area contributed by atoms with Gasteiger partial charge in [-0.3, -0.25) is 20.4 Å². The Morgan fingerprint density at radius 3 is 2.61 bits per heavy atom. The molecule has 0 saturated heterocycles. The fourth-order valence-electron chi connectivity index (χ4n) is 2.51. The van der Waals surface area contributed by atoms with Crippen molar-refractivity contribution in [3.05, 3.63) is 70.5 Å². The van der Waals surface area contributed by atoms with Crippen LogP contribution in [0.5, 0.6) is 5.75 Å². The molecule has 0 bridgehead atoms. The number of hydrogen-bond acceptors (Lipinski definition) is 5. The Hall–Kier alpha value is -3.26. The average molecular weight is 399 g/mol. The van der Waals surface area contributed by atoms with Gasteiger partial charge in [-0.1, -0.05) is 11.6 Å². The zero-order valence-electron chi connectivity index (χ0n) is 15.3. The van der Waals surface area contributed by atoms with Crippen LogP contribution in [0.25, 0.3) is 10.6 Å². The van der Waals surface area contributed by atoms with Crippen molar-refractivity contribution < 1.29 is 18.7 Å². The number of hydrazine groups is 1. The molecule has 2 N–H and O–H groups in total. The number of amides is 2. The predicted octanol–water partition coefficient (Wildman–Crippen LogP) is 3.27. The van der Waals surface area contributed by atoms with Crippen LogP contribution in [0.1, 0.15) is 21.6 Å². The summed E-state index contributed by atoms with van der Waals surface area (Å²) >= 11 is 1.36. The number of ether oxygens (including phenoxy) is 1. The number of methoxy groups -OCH3 is 1. The van der Waals surface area contributed by atoms with E-state index in [9.17, 15) is 14.0 Å². The molecule has 2 aromatic carbocycles. The lowest BCUT2D eigenvalue weighted by Gasteiger charge is -2.10. The second-order valence-electron chi connectivity index (χ2n) is 6.03. The zero-order valence-corrected chi connectivity index (χ0v) is 16.1. The SMILES string of the molecule is COc1ccc(C)cc1C(=O)NNC(=O)Cc1csc(-c2ccc(F)cc2)n1. The minimum atomic E-state index is -0.473. The third kappa shape index (κ3) is 4.72. The van der Waals surface area contributed by atoms with Crippen LogP contribution in [0, 0.1) is 12.7 Å². The van der Waals surface area contributed by atoms with Gasteiger partial charge in [-0.15, -0.1) is 11.3 Å². The summed E-state index contributed by atoms with van der Waals surface area (Å²) in [4.78, 5) is 28.8. The molecule has 6 nitrogen and oxygen atoms in total. The number of halogens is 1. The van der Waals surface area contributed by atoms with Crippen molar-refractivity contribution in [1.82, 2.24) is 15.8 Å². The van der Waals surface area contributed by atoms with E-state index in [1.165, 1.54) is 30.6 Å². The van der Waals surface area contributed by atoms with Crippen LogP contribution in [-0.4, -0.2) is 23.9 Å². The van der Waals surface area contributed by atoms with E-state index in [4.69, 9.17) is 4.74 Å². The molecule has 0 atom stereocenters. The largest absolute Gasteiger partial charge is 0.496 e. The molecule has 2 amide bonds. The maximum Gasteiger partial charge on any atom is 0.273 e. The lowest BCUT2D eigenvalue weighted by molar-refractivity contribution is -0.121. The van der Waals surface area contributed by atoms with Crippen LogP contribution < -0.4 is 15.6 Å². The van der Waals surface area contributed by atoms with Crippen molar-refractivity contribution in [2.75, 3.05) is 7.11 Å². The van der Waals surface area contributed by atoms with Crippen molar-refractivity contribution in [2.24, 2.45) is 0 Å². The number of hydrogen-bond donors (Lipinski definition) is 2. The Morgan fingerprint density at radius 2 is 1.89 bits per heavy atom. The van der Waals surface area contributed by atoms with Gasteiger partial charge in [0.1, 0.15) is 16.6 Å². The van der Waals surface area contributed by atoms with Gasteiger partial charge in [0.05, 0.1) is 24.8 Å². The van der Waals surface area contributed by atoms with Gasteiger partial charge in [-0.25, -0.2) is 9.37 Å². The molecule has 8 heteroatoms. The molecule has 0 fully saturated rings. The highest BCUT2D eigenvalue weighted by Crippen LogP contribution is 2.24. The summed E-state index contributed by atoms with van der Waals surface area (Å²) in [6.45, 7) is 1.86. The molecule has 0 spiro atoms. The molecule has 0 unspecified atom stereocenters. The first kappa shape index (κ1) is 19.5. The Bertz CT molecular complexity index is 1000. The predicted molar refractivity (Wildman–Crippen MR) is 105 cm³/mol. The van der Waals surface area contributed by atoms with Crippen LogP contribution in [0.2, 0.25) is 0 Å². The summed E-state index contributed by atoms with van der Waals surface area (Å²) in [6.07, 6.45) is 0.00290. The summed E-state index contributed by atoms with van der Waals surface area (Å²) in [5, 5.41) is 2.44. The molecule has 0 aliphatic heterocycles. The first-order valence-electron chi connectivity index (χ1n) is 8.40. The van der Waals surface area contributed by atoms with Crippen LogP contribution in [0.4, 0.5) is 4.39 Å². The molecule has 0 aliphatic carbocycles. The van der Waals surface area contributed by atoms with Crippen molar-refractivity contribution in [1.29, 1.82) is 0 Å². The average Bonchev–Trinajstić information content (AvgIpc) is 3.15. The molecule has 144 valence electrons. The molecule has 28 heavy (non-hydrogen) atoms. The molecule has 0 aliphatic rings. The summed E-state index contributed by atoms with van der Waals surface area (Å²) < 4.78 is 18.2. The zero-order chi connectivity index (χ0) is 20.1. The molecular formula is C20H18FN3O3S. The molecular weight excluding hydrogens is 381 g/mol. The van der Waals surface area contributed by atoms with Crippen LogP contribution in [0.3, 0.4) is 0 Å². The maximum atomic E-state index is 13.0. The minimum Gasteiger partial charge on any atom is -0.496 e. The number of benzene rings is 2. The van der Waals surface area contributed by atoms with Crippen LogP contribution >= 0.6 is 11.3 Å². The summed E-state index contributed by atoms with van der Waals surface area (Å²) in [5.74, 6) is -0.781. The Labute approximate surface area is 165 Å². The molecule has 1 heterocycles. The van der Waals surface area contributed by atoms with Gasteiger partial charge in [0, 0.05) is 10.9 Å². The topological polar surface area (TPSA) is 80.3 Å². The van der Waals surface area contributed by atoms with E-state index in [-0.39, 0.29) is 12.2 Å². The van der Waals surface area contributed by atoms with E-state index in [1.54, 1.807) is 29.6 Å². The van der Waals surface area contributed by atoms with E-state index in [2.05, 4.69) is 15.8 Å². The maximum absolute atomic E-state index is 13.0. The second-order valence-corrected chi connectivity index (χ2v) is 6.89. The van der Waals surface area contributed by atoms with E-state index < -0.39 is 11.8 Å². The molecule has 0 saturated carbocycles. The highest BCUT2D eigenvalue weighted by atomic mass is 32.1. The lowest BCUT2D eigenvalue weighted by Crippen LogP contribution is -2.42. The summed E-state index contributed by atoms with van der Waals surface area (Å²) in [6, 6.07) is 11.2. The summed E-state index contributed by atoms with van der Waals surface area (Å²) in [7, 11) is 1.47. The molecule has 1 aromatic heterocycles. The molecule has 3 aromatic rings. The quantitative estimate of drug-likeness (QED) is 0.646. The Kier molecular flexibility index (Phi) is 6.00. The lowest BCUT2D eigenvalue weighted by atomic mass is 10.1. The van der Waals surface area contributed by atoms with Gasteiger partial charge >= 0.3 is 0 Å². The normalized spacial score (nSPS) is 10.4. The standard InChI is InChI=1S/C20H18FN3O3S/c1-12-3-8-17(27-2)16(9-12)19(26)24-23-18(25)10-15-11-28-20(22-15)13-4-6-14(21)7-5-13/h3-9,11H,10H2,1-2H3,(H,23,25)(H,24,26). The highest BCUT2D eigenvalue weighted by Gasteiger charge is 2.14. The number of nitrogens with zero attached hydrogens (tertiary/aromatic N) is 1. The van der Waals surface area contributed by atoms with Gasteiger partial charge in [0.2, 0.25) is 5.91 Å². The van der Waals surface area contributed by atoms with Gasteiger partial charge in [0.25, 0.3) is 5.91 Å². The fourth-order valence-corrected chi connectivity index (χ4v) is 3.34. The first-order valence-corrected chi connectivity index (χ1v) is 9.28. The highest BCUT2D eigenvalue weighted by molar-refractivity contribution is 7.13. The second kappa shape index (κ2) is 8.62. The molecule has 0 radical (unpaired) electrons. The van der Waals surface area contributed by atoms with Crippen LogP contribution in [0.15, 0.2) is 47.8 Å². The smallest absolute Gasteiger partial charge is 0.273 e. The number of nitrogens with one attached hydrogen (secondary N) is 2. The Balaban J connectivity index is 1.58. The Morgan fingerprint density at radius 1 is 1.14 bits per heavy atom. The number of aromatic nitrogens is 1. The first-order chi connectivity index (χ1) is 13.5. The van der Waals surface area contributed by atoms with Gasteiger partial charge in [0.15, 0.2) is 0 Å². The van der Waals surface area contributed by atoms with E-state index in [0.717, 1.165) is 11.1 Å². The number of carbonyl (C=O) groups is 2. The van der Waals surface area contributed by atoms with Crippen LogP contribution in [-0.2, 0) is 11.2 Å². The number of rotatable bonds is 5. The number of carbonyl (C=O) groups excluding carboxylic acids is 2. The number of aryl methyl sites for hydroxylation is 1. The molecule has 3 rings (SSSR count). The number of thiazole rings is 1. The minimum absolute atomic E-state index is 0.00290. The fraction of sp³-hybridized carbons (Fsp3) is 0.150. The van der Waals surface area contributed by atoms with Crippen molar-refractivity contribution in [3.8, 4) is 16.3 Å². The third-order valence-corrected chi connectivity index (χ3v) is 4.84. The van der Waals surface area contributed by atoms with E-state index in [0.29, 0.717) is 22.0 Å². The van der Waals surface area contributed by atoms with Crippen molar-refractivity contribution in [3.63, 3.8) is 0 Å². The van der Waals surface area contributed by atoms with Gasteiger partial charge in [-0.05, 0) is 43.3 Å². The third-order valence-electron chi connectivity index (χ3n) is 3.90. The van der Waals surface area contributed by atoms with E-state index in [1.807, 2.05) is 13.0 Å². The van der Waals surface area contributed by atoms with Crippen molar-refractivity contribution in [2.45, 2.75) is 13.3 Å². The van der Waals surface area contributed by atoms with Gasteiger partial charge < -0.3 is 4.74 Å².